The Balaban J connectivity index is 2.36. The zero-order chi connectivity index (χ0) is 13.8. The van der Waals surface area contributed by atoms with Gasteiger partial charge in [0, 0.05) is 35.1 Å². The molecule has 0 aliphatic heterocycles. The van der Waals surface area contributed by atoms with Gasteiger partial charge in [0.15, 0.2) is 0 Å². The zero-order valence-corrected chi connectivity index (χ0v) is 11.5. The summed E-state index contributed by atoms with van der Waals surface area (Å²) in [4.78, 5) is 11.5. The van der Waals surface area contributed by atoms with Gasteiger partial charge in [-0.1, -0.05) is 11.6 Å². The van der Waals surface area contributed by atoms with Gasteiger partial charge in [0.05, 0.1) is 6.54 Å². The van der Waals surface area contributed by atoms with Gasteiger partial charge in [0.25, 0.3) is 0 Å². The quantitative estimate of drug-likeness (QED) is 0.640. The van der Waals surface area contributed by atoms with E-state index < -0.39 is 0 Å². The minimum Gasteiger partial charge on any atom is -0.423 e. The summed E-state index contributed by atoms with van der Waals surface area (Å²) in [7, 11) is 0. The predicted molar refractivity (Wildman–Crippen MR) is 74.4 cm³/mol. The van der Waals surface area contributed by atoms with Crippen LogP contribution in [0.25, 0.3) is 11.0 Å². The largest absolute Gasteiger partial charge is 0.423 e. The Labute approximate surface area is 116 Å². The van der Waals surface area contributed by atoms with Gasteiger partial charge >= 0.3 is 5.63 Å². The lowest BCUT2D eigenvalue weighted by atomic mass is 10.1. The molecule has 0 aliphatic rings. The molecule has 0 amide bonds. The van der Waals surface area contributed by atoms with Gasteiger partial charge in [0.2, 0.25) is 0 Å². The van der Waals surface area contributed by atoms with Crippen molar-refractivity contribution in [2.45, 2.75) is 19.9 Å². The topological polar surface area (TPSA) is 67.0 Å². The maximum absolute atomic E-state index is 11.5. The van der Waals surface area contributed by atoms with Crippen molar-refractivity contribution in [2.75, 3.05) is 13.2 Å². The van der Waals surface area contributed by atoms with Crippen molar-refractivity contribution < 1.29 is 14.8 Å². The molecule has 0 saturated carbocycles. The van der Waals surface area contributed by atoms with E-state index in [0.717, 1.165) is 29.5 Å². The number of hydrogen-bond acceptors (Lipinski definition) is 3. The van der Waals surface area contributed by atoms with Crippen molar-refractivity contribution in [1.29, 1.82) is 0 Å². The molecule has 0 bridgehead atoms. The molecule has 0 fully saturated rings. The van der Waals surface area contributed by atoms with Crippen LogP contribution in [0.2, 0.25) is 5.02 Å². The monoisotopic (exact) mass is 282 g/mol. The second kappa shape index (κ2) is 6.19. The van der Waals surface area contributed by atoms with Crippen LogP contribution in [0.1, 0.15) is 17.5 Å². The van der Waals surface area contributed by atoms with E-state index in [0.29, 0.717) is 17.2 Å². The van der Waals surface area contributed by atoms with E-state index in [4.69, 9.17) is 21.1 Å². The Bertz CT molecular complexity index is 636. The van der Waals surface area contributed by atoms with E-state index in [1.54, 1.807) is 6.07 Å². The van der Waals surface area contributed by atoms with Crippen LogP contribution in [0.3, 0.4) is 0 Å². The lowest BCUT2D eigenvalue weighted by Gasteiger charge is -2.06. The van der Waals surface area contributed by atoms with Crippen LogP contribution in [-0.2, 0) is 6.54 Å². The molecule has 0 aliphatic carbocycles. The molecule has 2 aromatic rings. The summed E-state index contributed by atoms with van der Waals surface area (Å²) in [5.41, 5.74) is 2.02. The summed E-state index contributed by atoms with van der Waals surface area (Å²) in [6.07, 6.45) is 0.735. The molecule has 19 heavy (non-hydrogen) atoms. The summed E-state index contributed by atoms with van der Waals surface area (Å²) in [6.45, 7) is 3.54. The molecule has 2 rings (SSSR count). The molecule has 0 unspecified atom stereocenters. The van der Waals surface area contributed by atoms with Crippen LogP contribution in [0, 0.1) is 6.92 Å². The molecular weight excluding hydrogens is 266 g/mol. The molecular formula is C14H17ClNO3+. The summed E-state index contributed by atoms with van der Waals surface area (Å²) in [5.74, 6) is 0. The maximum Gasteiger partial charge on any atom is 0.336 e. The number of rotatable bonds is 5. The van der Waals surface area contributed by atoms with Gasteiger partial charge in [-0.2, -0.15) is 0 Å². The first-order valence-electron chi connectivity index (χ1n) is 6.27. The molecule has 4 nitrogen and oxygen atoms in total. The van der Waals surface area contributed by atoms with Gasteiger partial charge in [-0.3, -0.25) is 0 Å². The smallest absolute Gasteiger partial charge is 0.336 e. The third-order valence-electron chi connectivity index (χ3n) is 3.04. The van der Waals surface area contributed by atoms with Gasteiger partial charge in [-0.25, -0.2) is 4.79 Å². The van der Waals surface area contributed by atoms with Crippen molar-refractivity contribution in [3.8, 4) is 0 Å². The van der Waals surface area contributed by atoms with Crippen molar-refractivity contribution in [1.82, 2.24) is 0 Å². The van der Waals surface area contributed by atoms with Gasteiger partial charge < -0.3 is 14.8 Å². The average molecular weight is 283 g/mol. The normalized spacial score (nSPS) is 11.1. The number of aliphatic hydroxyl groups is 1. The van der Waals surface area contributed by atoms with Gasteiger partial charge in [0.1, 0.15) is 12.1 Å². The molecule has 1 aromatic carbocycles. The molecule has 0 saturated heterocycles. The molecule has 0 radical (unpaired) electrons. The molecule has 5 heteroatoms. The minimum atomic E-state index is -0.347. The Morgan fingerprint density at radius 1 is 1.37 bits per heavy atom. The van der Waals surface area contributed by atoms with Crippen LogP contribution in [-0.4, -0.2) is 18.3 Å². The Morgan fingerprint density at radius 2 is 2.16 bits per heavy atom. The van der Waals surface area contributed by atoms with Crippen molar-refractivity contribution in [3.63, 3.8) is 0 Å². The number of aryl methyl sites for hydroxylation is 1. The number of fused-ring (bicyclic) bond motifs is 1. The SMILES string of the molecule is Cc1cc2oc(=O)cc(C[NH2+]CCCO)c2cc1Cl. The highest BCUT2D eigenvalue weighted by Gasteiger charge is 2.09. The average Bonchev–Trinajstić information content (AvgIpc) is 2.36. The Hall–Kier alpha value is -1.36. The molecule has 0 spiro atoms. The van der Waals surface area contributed by atoms with Crippen LogP contribution in [0.15, 0.2) is 27.4 Å². The van der Waals surface area contributed by atoms with E-state index >= 15 is 0 Å². The molecule has 1 heterocycles. The van der Waals surface area contributed by atoms with E-state index in [1.807, 2.05) is 13.0 Å². The Kier molecular flexibility index (Phi) is 4.58. The standard InChI is InChI=1S/C14H16ClNO3/c1-9-5-13-11(7-12(9)15)10(6-14(18)19-13)8-16-3-2-4-17/h5-7,16-17H,2-4,8H2,1H3/p+1. The Morgan fingerprint density at radius 3 is 2.89 bits per heavy atom. The van der Waals surface area contributed by atoms with Crippen molar-refractivity contribution in [2.24, 2.45) is 0 Å². The molecule has 3 N–H and O–H groups in total. The fourth-order valence-electron chi connectivity index (χ4n) is 2.01. The van der Waals surface area contributed by atoms with E-state index in [2.05, 4.69) is 5.32 Å². The predicted octanol–water partition coefficient (Wildman–Crippen LogP) is 1.20. The fourth-order valence-corrected chi connectivity index (χ4v) is 2.17. The van der Waals surface area contributed by atoms with E-state index in [-0.39, 0.29) is 12.2 Å². The second-order valence-electron chi connectivity index (χ2n) is 4.55. The second-order valence-corrected chi connectivity index (χ2v) is 4.95. The number of benzene rings is 1. The molecule has 1 aromatic heterocycles. The van der Waals surface area contributed by atoms with Crippen molar-refractivity contribution >= 4 is 22.6 Å². The first-order chi connectivity index (χ1) is 9.11. The first kappa shape index (κ1) is 14.1. The zero-order valence-electron chi connectivity index (χ0n) is 10.8. The third kappa shape index (κ3) is 3.35. The van der Waals surface area contributed by atoms with E-state index in [9.17, 15) is 4.79 Å². The van der Waals surface area contributed by atoms with Crippen LogP contribution < -0.4 is 10.9 Å². The number of nitrogens with two attached hydrogens (primary N) is 1. The van der Waals surface area contributed by atoms with Crippen LogP contribution >= 0.6 is 11.6 Å². The molecule has 102 valence electrons. The van der Waals surface area contributed by atoms with Gasteiger partial charge in [-0.05, 0) is 24.6 Å². The minimum absolute atomic E-state index is 0.180. The maximum atomic E-state index is 11.5. The lowest BCUT2D eigenvalue weighted by molar-refractivity contribution is -0.670. The first-order valence-corrected chi connectivity index (χ1v) is 6.65. The summed E-state index contributed by atoms with van der Waals surface area (Å²) in [6, 6.07) is 5.13. The fraction of sp³-hybridized carbons (Fsp3) is 0.357. The highest BCUT2D eigenvalue weighted by atomic mass is 35.5. The van der Waals surface area contributed by atoms with Crippen molar-refractivity contribution in [3.05, 3.63) is 44.8 Å². The lowest BCUT2D eigenvalue weighted by Crippen LogP contribution is -2.82. The van der Waals surface area contributed by atoms with Crippen LogP contribution in [0.5, 0.6) is 0 Å². The number of quaternary nitrogens is 1. The van der Waals surface area contributed by atoms with E-state index in [1.165, 1.54) is 6.07 Å². The number of hydrogen-bond donors (Lipinski definition) is 2. The highest BCUT2D eigenvalue weighted by molar-refractivity contribution is 6.32. The highest BCUT2D eigenvalue weighted by Crippen LogP contribution is 2.24. The van der Waals surface area contributed by atoms with Gasteiger partial charge in [-0.15, -0.1) is 0 Å². The number of aliphatic hydroxyl groups excluding tert-OH is 1. The summed E-state index contributed by atoms with van der Waals surface area (Å²) < 4.78 is 5.20. The molecule has 0 atom stereocenters. The van der Waals surface area contributed by atoms with Crippen LogP contribution in [0.4, 0.5) is 0 Å². The third-order valence-corrected chi connectivity index (χ3v) is 3.45. The summed E-state index contributed by atoms with van der Waals surface area (Å²) in [5, 5.41) is 12.3. The summed E-state index contributed by atoms with van der Waals surface area (Å²) >= 11 is 6.12. The number of halogens is 1.